The Morgan fingerprint density at radius 3 is 2.82 bits per heavy atom. The molecule has 0 rings (SSSR count). The van der Waals surface area contributed by atoms with E-state index in [0.717, 1.165) is 0 Å². The monoisotopic (exact) mass is 179 g/mol. The Kier molecular flexibility index (Phi) is 6.24. The van der Waals surface area contributed by atoms with E-state index < -0.39 is 12.0 Å². The van der Waals surface area contributed by atoms with Crippen LogP contribution < -0.4 is 16.2 Å². The first kappa shape index (κ1) is 10.7. The van der Waals surface area contributed by atoms with Gasteiger partial charge >= 0.3 is 5.97 Å². The average Bonchev–Trinajstić information content (AvgIpc) is 1.97. The second-order valence-corrected chi connectivity index (χ2v) is 2.85. The maximum Gasteiger partial charge on any atom is 0.321 e. The second-order valence-electron chi connectivity index (χ2n) is 1.94. The van der Waals surface area contributed by atoms with E-state index in [0.29, 0.717) is 18.8 Å². The Labute approximate surface area is 69.6 Å². The van der Waals surface area contributed by atoms with Gasteiger partial charge < -0.3 is 16.6 Å². The number of hydrogen-bond acceptors (Lipinski definition) is 5. The first-order chi connectivity index (χ1) is 5.18. The molecule has 6 heteroatoms. The summed E-state index contributed by atoms with van der Waals surface area (Å²) < 4.78 is 2.87. The molecule has 0 aliphatic rings. The smallest absolute Gasteiger partial charge is 0.321 e. The van der Waals surface area contributed by atoms with Crippen molar-refractivity contribution >= 4 is 17.9 Å². The maximum atomic E-state index is 10.2. The highest BCUT2D eigenvalue weighted by molar-refractivity contribution is 7.97. The highest BCUT2D eigenvalue weighted by atomic mass is 32.2. The molecule has 1 atom stereocenters. The molecule has 0 aliphatic heterocycles. The van der Waals surface area contributed by atoms with E-state index in [1.165, 1.54) is 11.9 Å². The van der Waals surface area contributed by atoms with Gasteiger partial charge in [-0.05, 0) is 0 Å². The SMILES string of the molecule is NCCNSCC(N)C(=O)O. The lowest BCUT2D eigenvalue weighted by Crippen LogP contribution is -2.33. The second kappa shape index (κ2) is 6.41. The highest BCUT2D eigenvalue weighted by Crippen LogP contribution is 1.94. The van der Waals surface area contributed by atoms with Gasteiger partial charge in [0.15, 0.2) is 0 Å². The third-order valence-corrected chi connectivity index (χ3v) is 1.86. The van der Waals surface area contributed by atoms with Crippen molar-refractivity contribution in [1.29, 1.82) is 0 Å². The van der Waals surface area contributed by atoms with E-state index >= 15 is 0 Å². The van der Waals surface area contributed by atoms with Gasteiger partial charge in [-0.25, -0.2) is 0 Å². The predicted octanol–water partition coefficient (Wildman–Crippen LogP) is -1.41. The van der Waals surface area contributed by atoms with Gasteiger partial charge in [0.1, 0.15) is 6.04 Å². The predicted molar refractivity (Wildman–Crippen MR) is 45.1 cm³/mol. The minimum absolute atomic E-state index is 0.356. The summed E-state index contributed by atoms with van der Waals surface area (Å²) in [5.41, 5.74) is 10.4. The Morgan fingerprint density at radius 1 is 1.73 bits per heavy atom. The number of hydrogen-bond donors (Lipinski definition) is 4. The zero-order valence-corrected chi connectivity index (χ0v) is 6.93. The molecular weight excluding hydrogens is 166 g/mol. The molecule has 0 heterocycles. The molecule has 1 unspecified atom stereocenters. The number of nitrogens with two attached hydrogens (primary N) is 2. The Balaban J connectivity index is 3.17. The third-order valence-electron chi connectivity index (χ3n) is 0.929. The van der Waals surface area contributed by atoms with Gasteiger partial charge in [-0.15, -0.1) is 0 Å². The summed E-state index contributed by atoms with van der Waals surface area (Å²) in [5, 5.41) is 8.35. The van der Waals surface area contributed by atoms with Gasteiger partial charge in [-0.2, -0.15) is 0 Å². The molecule has 0 aromatic heterocycles. The number of nitrogens with one attached hydrogen (secondary N) is 1. The van der Waals surface area contributed by atoms with Crippen LogP contribution in [0.3, 0.4) is 0 Å². The van der Waals surface area contributed by atoms with Crippen LogP contribution in [0.5, 0.6) is 0 Å². The highest BCUT2D eigenvalue weighted by Gasteiger charge is 2.09. The zero-order valence-electron chi connectivity index (χ0n) is 6.12. The molecular formula is C5H13N3O2S. The van der Waals surface area contributed by atoms with E-state index in [1.54, 1.807) is 0 Å². The molecule has 0 saturated heterocycles. The molecule has 0 saturated carbocycles. The van der Waals surface area contributed by atoms with E-state index in [9.17, 15) is 4.79 Å². The van der Waals surface area contributed by atoms with E-state index in [4.69, 9.17) is 16.6 Å². The Hall–Kier alpha value is -0.300. The molecule has 0 aliphatic carbocycles. The van der Waals surface area contributed by atoms with Crippen LogP contribution in [0.2, 0.25) is 0 Å². The van der Waals surface area contributed by atoms with Crippen molar-refractivity contribution in [2.45, 2.75) is 6.04 Å². The largest absolute Gasteiger partial charge is 0.480 e. The van der Waals surface area contributed by atoms with E-state index in [1.807, 2.05) is 0 Å². The van der Waals surface area contributed by atoms with Gasteiger partial charge in [-0.3, -0.25) is 9.52 Å². The number of rotatable bonds is 6. The molecule has 6 N–H and O–H groups in total. The summed E-state index contributed by atoms with van der Waals surface area (Å²) in [5.74, 6) is -0.623. The molecule has 66 valence electrons. The van der Waals surface area contributed by atoms with Crippen molar-refractivity contribution in [1.82, 2.24) is 4.72 Å². The lowest BCUT2D eigenvalue weighted by molar-refractivity contribution is -0.137. The maximum absolute atomic E-state index is 10.2. The van der Waals surface area contributed by atoms with Gasteiger partial charge in [-0.1, -0.05) is 11.9 Å². The van der Waals surface area contributed by atoms with Gasteiger partial charge in [0, 0.05) is 18.8 Å². The van der Waals surface area contributed by atoms with Crippen LogP contribution in [-0.4, -0.2) is 36.0 Å². The van der Waals surface area contributed by atoms with Crippen LogP contribution in [0, 0.1) is 0 Å². The van der Waals surface area contributed by atoms with Crippen LogP contribution in [-0.2, 0) is 4.79 Å². The summed E-state index contributed by atoms with van der Waals surface area (Å²) in [6, 6.07) is -0.801. The fourth-order valence-corrected chi connectivity index (χ4v) is 1.05. The summed E-state index contributed by atoms with van der Waals surface area (Å²) in [6.45, 7) is 1.20. The van der Waals surface area contributed by atoms with Crippen molar-refractivity contribution in [3.05, 3.63) is 0 Å². The van der Waals surface area contributed by atoms with Crippen molar-refractivity contribution < 1.29 is 9.90 Å². The molecule has 5 nitrogen and oxygen atoms in total. The van der Waals surface area contributed by atoms with Gasteiger partial charge in [0.2, 0.25) is 0 Å². The van der Waals surface area contributed by atoms with Crippen molar-refractivity contribution in [3.8, 4) is 0 Å². The molecule has 0 bridgehead atoms. The minimum atomic E-state index is -0.980. The fourth-order valence-electron chi connectivity index (χ4n) is 0.351. The van der Waals surface area contributed by atoms with Crippen LogP contribution in [0.4, 0.5) is 0 Å². The average molecular weight is 179 g/mol. The topological polar surface area (TPSA) is 101 Å². The lowest BCUT2D eigenvalue weighted by Gasteiger charge is -2.05. The van der Waals surface area contributed by atoms with Gasteiger partial charge in [0.25, 0.3) is 0 Å². The Morgan fingerprint density at radius 2 is 2.36 bits per heavy atom. The molecule has 0 aromatic rings. The van der Waals surface area contributed by atoms with E-state index in [2.05, 4.69) is 4.72 Å². The van der Waals surface area contributed by atoms with Gasteiger partial charge in [0.05, 0.1) is 0 Å². The number of aliphatic carboxylic acids is 1. The van der Waals surface area contributed by atoms with Crippen LogP contribution in [0.15, 0.2) is 0 Å². The quantitative estimate of drug-likeness (QED) is 0.295. The van der Waals surface area contributed by atoms with Crippen molar-refractivity contribution in [3.63, 3.8) is 0 Å². The summed E-state index contributed by atoms with van der Waals surface area (Å²) >= 11 is 1.28. The zero-order chi connectivity index (χ0) is 8.69. The molecule has 0 aromatic carbocycles. The molecule has 0 amide bonds. The van der Waals surface area contributed by atoms with Crippen LogP contribution in [0.25, 0.3) is 0 Å². The number of carbonyl (C=O) groups is 1. The standard InChI is InChI=1S/C5H13N3O2S/c6-1-2-8-11-3-4(7)5(9)10/h4,8H,1-3,6-7H2,(H,9,10). The summed E-state index contributed by atoms with van der Waals surface area (Å²) in [7, 11) is 0. The first-order valence-electron chi connectivity index (χ1n) is 3.21. The molecule has 0 radical (unpaired) electrons. The summed E-state index contributed by atoms with van der Waals surface area (Å²) in [6.07, 6.45) is 0. The lowest BCUT2D eigenvalue weighted by atomic mass is 10.4. The van der Waals surface area contributed by atoms with Crippen molar-refractivity contribution in [2.75, 3.05) is 18.8 Å². The normalized spacial score (nSPS) is 12.9. The third kappa shape index (κ3) is 6.11. The number of carboxylic acid groups (broad SMARTS) is 1. The summed E-state index contributed by atoms with van der Waals surface area (Å²) in [4.78, 5) is 10.2. The minimum Gasteiger partial charge on any atom is -0.480 e. The number of carboxylic acids is 1. The van der Waals surface area contributed by atoms with Crippen LogP contribution >= 0.6 is 11.9 Å². The van der Waals surface area contributed by atoms with Crippen LogP contribution in [0.1, 0.15) is 0 Å². The Bertz CT molecular complexity index is 122. The van der Waals surface area contributed by atoms with Crippen molar-refractivity contribution in [2.24, 2.45) is 11.5 Å². The molecule has 0 fully saturated rings. The molecule has 0 spiro atoms. The fraction of sp³-hybridized carbons (Fsp3) is 0.800. The molecule has 11 heavy (non-hydrogen) atoms. The first-order valence-corrected chi connectivity index (χ1v) is 4.20. The van der Waals surface area contributed by atoms with E-state index in [-0.39, 0.29) is 0 Å².